The number of amides is 1. The molecule has 1 amide bonds. The van der Waals surface area contributed by atoms with Crippen LogP contribution < -0.4 is 5.32 Å². The summed E-state index contributed by atoms with van der Waals surface area (Å²) in [6.45, 7) is 2.27. The first-order valence-corrected chi connectivity index (χ1v) is 10.6. The molecule has 0 fully saturated rings. The van der Waals surface area contributed by atoms with Gasteiger partial charge in [0.25, 0.3) is 5.91 Å². The predicted molar refractivity (Wildman–Crippen MR) is 120 cm³/mol. The monoisotopic (exact) mass is 458 g/mol. The number of anilines is 1. The lowest BCUT2D eigenvalue weighted by Gasteiger charge is -2.29. The number of nitrogens with one attached hydrogen (secondary N) is 1. The minimum absolute atomic E-state index is 0.153. The maximum atomic E-state index is 13.7. The molecule has 0 saturated heterocycles. The molecule has 1 aliphatic heterocycles. The van der Waals surface area contributed by atoms with E-state index in [1.807, 2.05) is 22.9 Å². The first-order chi connectivity index (χ1) is 15.5. The fraction of sp³-hybridized carbons (Fsp3) is 0.304. The summed E-state index contributed by atoms with van der Waals surface area (Å²) in [6, 6.07) is 7.88. The molecule has 2 N–H and O–H groups in total. The van der Waals surface area contributed by atoms with Crippen LogP contribution in [0.3, 0.4) is 0 Å². The number of hydrogen-bond acceptors (Lipinski definition) is 5. The van der Waals surface area contributed by atoms with Crippen LogP contribution in [0.2, 0.25) is 5.02 Å². The van der Waals surface area contributed by atoms with Gasteiger partial charge in [-0.3, -0.25) is 4.79 Å². The van der Waals surface area contributed by atoms with E-state index in [4.69, 9.17) is 16.3 Å². The summed E-state index contributed by atoms with van der Waals surface area (Å²) < 4.78 is 20.7. The Morgan fingerprint density at radius 3 is 2.88 bits per heavy atom. The van der Waals surface area contributed by atoms with Crippen LogP contribution in [-0.2, 0) is 24.4 Å². The molecule has 7 nitrogen and oxygen atoms in total. The lowest BCUT2D eigenvalue weighted by atomic mass is 10.1. The first-order valence-electron chi connectivity index (χ1n) is 10.3. The fourth-order valence-electron chi connectivity index (χ4n) is 3.80. The van der Waals surface area contributed by atoms with E-state index in [2.05, 4.69) is 10.3 Å². The van der Waals surface area contributed by atoms with Crippen LogP contribution in [0.5, 0.6) is 0 Å². The smallest absolute Gasteiger partial charge is 0.270 e. The maximum absolute atomic E-state index is 13.7. The molecule has 32 heavy (non-hydrogen) atoms. The number of aliphatic hydroxyl groups is 1. The Labute approximate surface area is 190 Å². The van der Waals surface area contributed by atoms with Crippen LogP contribution in [0, 0.1) is 5.82 Å². The van der Waals surface area contributed by atoms with Crippen molar-refractivity contribution < 1.29 is 19.0 Å². The van der Waals surface area contributed by atoms with Gasteiger partial charge in [-0.2, -0.15) is 0 Å². The van der Waals surface area contributed by atoms with Gasteiger partial charge in [0.2, 0.25) is 0 Å². The highest BCUT2D eigenvalue weighted by Gasteiger charge is 2.26. The number of benzene rings is 1. The SMILES string of the molecule is COCCNc1cc(-c2cc3n(c2)CCN(Cc2cc(F)ccc2CO)C3=O)c(Cl)cn1. The maximum Gasteiger partial charge on any atom is 0.270 e. The van der Waals surface area contributed by atoms with E-state index in [9.17, 15) is 14.3 Å². The Morgan fingerprint density at radius 2 is 2.09 bits per heavy atom. The van der Waals surface area contributed by atoms with E-state index >= 15 is 0 Å². The van der Waals surface area contributed by atoms with E-state index in [0.29, 0.717) is 53.9 Å². The van der Waals surface area contributed by atoms with Crippen LogP contribution >= 0.6 is 11.6 Å². The number of pyridine rings is 1. The van der Waals surface area contributed by atoms with E-state index < -0.39 is 5.82 Å². The van der Waals surface area contributed by atoms with Crippen molar-refractivity contribution in [1.29, 1.82) is 0 Å². The third kappa shape index (κ3) is 4.62. The first kappa shape index (κ1) is 22.3. The second kappa shape index (κ2) is 9.68. The average Bonchev–Trinajstić information content (AvgIpc) is 3.22. The van der Waals surface area contributed by atoms with Gasteiger partial charge in [-0.25, -0.2) is 9.37 Å². The molecule has 0 bridgehead atoms. The number of halogens is 2. The number of aliphatic hydroxyl groups excluding tert-OH is 1. The summed E-state index contributed by atoms with van der Waals surface area (Å²) in [5, 5.41) is 13.2. The van der Waals surface area contributed by atoms with Crippen LogP contribution in [0.15, 0.2) is 42.7 Å². The molecule has 3 aromatic rings. The van der Waals surface area contributed by atoms with Crippen molar-refractivity contribution in [3.05, 3.63) is 70.4 Å². The van der Waals surface area contributed by atoms with E-state index in [1.54, 1.807) is 24.3 Å². The number of ether oxygens (including phenoxy) is 1. The molecule has 0 spiro atoms. The van der Waals surface area contributed by atoms with Gasteiger partial charge < -0.3 is 24.6 Å². The van der Waals surface area contributed by atoms with Crippen LogP contribution in [0.25, 0.3) is 11.1 Å². The molecule has 0 radical (unpaired) electrons. The van der Waals surface area contributed by atoms with Crippen LogP contribution in [0.1, 0.15) is 21.6 Å². The number of carbonyl (C=O) groups is 1. The third-order valence-electron chi connectivity index (χ3n) is 5.49. The number of fused-ring (bicyclic) bond motifs is 1. The Bertz CT molecular complexity index is 1130. The van der Waals surface area contributed by atoms with Crippen molar-refractivity contribution >= 4 is 23.3 Å². The predicted octanol–water partition coefficient (Wildman–Crippen LogP) is 3.55. The van der Waals surface area contributed by atoms with Crippen molar-refractivity contribution in [3.8, 4) is 11.1 Å². The highest BCUT2D eigenvalue weighted by Crippen LogP contribution is 2.32. The topological polar surface area (TPSA) is 79.6 Å². The average molecular weight is 459 g/mol. The molecule has 2 aromatic heterocycles. The molecular weight excluding hydrogens is 435 g/mol. The van der Waals surface area contributed by atoms with Crippen LogP contribution in [0.4, 0.5) is 10.2 Å². The highest BCUT2D eigenvalue weighted by molar-refractivity contribution is 6.33. The van der Waals surface area contributed by atoms with E-state index in [0.717, 1.165) is 11.1 Å². The lowest BCUT2D eigenvalue weighted by molar-refractivity contribution is 0.0689. The van der Waals surface area contributed by atoms with Gasteiger partial charge in [0.15, 0.2) is 0 Å². The Hall–Kier alpha value is -2.94. The zero-order chi connectivity index (χ0) is 22.7. The summed E-state index contributed by atoms with van der Waals surface area (Å²) in [5.74, 6) is 0.120. The molecular formula is C23H24ClFN4O3. The summed E-state index contributed by atoms with van der Waals surface area (Å²) >= 11 is 6.40. The fourth-order valence-corrected chi connectivity index (χ4v) is 4.02. The van der Waals surface area contributed by atoms with Crippen molar-refractivity contribution in [1.82, 2.24) is 14.5 Å². The second-order valence-electron chi connectivity index (χ2n) is 7.57. The zero-order valence-electron chi connectivity index (χ0n) is 17.6. The van der Waals surface area contributed by atoms with Crippen molar-refractivity contribution in [2.45, 2.75) is 19.7 Å². The Morgan fingerprint density at radius 1 is 1.25 bits per heavy atom. The lowest BCUT2D eigenvalue weighted by Crippen LogP contribution is -2.39. The van der Waals surface area contributed by atoms with Gasteiger partial charge in [0, 0.05) is 56.8 Å². The molecule has 0 aliphatic carbocycles. The molecule has 9 heteroatoms. The molecule has 0 saturated carbocycles. The van der Waals surface area contributed by atoms with Crippen molar-refractivity contribution in [2.24, 2.45) is 0 Å². The minimum Gasteiger partial charge on any atom is -0.392 e. The summed E-state index contributed by atoms with van der Waals surface area (Å²) in [7, 11) is 1.63. The zero-order valence-corrected chi connectivity index (χ0v) is 18.4. The quantitative estimate of drug-likeness (QED) is 0.505. The molecule has 3 heterocycles. The number of rotatable bonds is 8. The molecule has 168 valence electrons. The van der Waals surface area contributed by atoms with Crippen molar-refractivity contribution in [3.63, 3.8) is 0 Å². The highest BCUT2D eigenvalue weighted by atomic mass is 35.5. The molecule has 1 aliphatic rings. The van der Waals surface area contributed by atoms with Gasteiger partial charge in [-0.05, 0) is 35.4 Å². The molecule has 1 aromatic carbocycles. The number of methoxy groups -OCH3 is 1. The summed E-state index contributed by atoms with van der Waals surface area (Å²) in [4.78, 5) is 19.1. The number of aromatic nitrogens is 2. The molecule has 4 rings (SSSR count). The Kier molecular flexibility index (Phi) is 6.74. The normalized spacial score (nSPS) is 13.4. The van der Waals surface area contributed by atoms with Gasteiger partial charge in [-0.15, -0.1) is 0 Å². The summed E-state index contributed by atoms with van der Waals surface area (Å²) in [6.07, 6.45) is 3.49. The van der Waals surface area contributed by atoms with Gasteiger partial charge in [0.05, 0.1) is 18.2 Å². The van der Waals surface area contributed by atoms with E-state index in [-0.39, 0.29) is 19.1 Å². The standard InChI is InChI=1S/C23H24ClFN4O3/c1-32-7-4-26-22-10-19(20(24)11-27-22)17-9-21-23(31)29(6-5-28(21)13-17)12-16-8-18(25)3-2-15(16)14-30/h2-3,8-11,13,30H,4-7,12,14H2,1H3,(H,26,27). The van der Waals surface area contributed by atoms with Crippen LogP contribution in [-0.4, -0.2) is 52.3 Å². The van der Waals surface area contributed by atoms with Gasteiger partial charge in [-0.1, -0.05) is 17.7 Å². The van der Waals surface area contributed by atoms with Gasteiger partial charge in [0.1, 0.15) is 17.3 Å². The molecule has 0 atom stereocenters. The number of carbonyl (C=O) groups excluding carboxylic acids is 1. The number of hydrogen-bond donors (Lipinski definition) is 2. The van der Waals surface area contributed by atoms with Gasteiger partial charge >= 0.3 is 0 Å². The Balaban J connectivity index is 1.57. The third-order valence-corrected chi connectivity index (χ3v) is 5.79. The molecule has 0 unspecified atom stereocenters. The largest absolute Gasteiger partial charge is 0.392 e. The summed E-state index contributed by atoms with van der Waals surface area (Å²) in [5.41, 5.74) is 3.34. The second-order valence-corrected chi connectivity index (χ2v) is 7.98. The minimum atomic E-state index is -0.394. The number of nitrogens with zero attached hydrogens (tertiary/aromatic N) is 3. The van der Waals surface area contributed by atoms with Crippen molar-refractivity contribution in [2.75, 3.05) is 32.1 Å². The van der Waals surface area contributed by atoms with E-state index in [1.165, 1.54) is 12.1 Å².